The third kappa shape index (κ3) is 3.54. The minimum atomic E-state index is -3.69. The Balaban J connectivity index is 1.46. The number of methoxy groups -OCH3 is 1. The van der Waals surface area contributed by atoms with Crippen LogP contribution in [-0.4, -0.2) is 55.3 Å². The summed E-state index contributed by atoms with van der Waals surface area (Å²) in [5.74, 6) is 0.280. The number of nitrogens with one attached hydrogen (secondary N) is 1. The fraction of sp³-hybridized carbons (Fsp3) is 0.333. The lowest BCUT2D eigenvalue weighted by atomic mass is 9.88. The molecule has 4 rings (SSSR count). The molecule has 1 N–H and O–H groups in total. The van der Waals surface area contributed by atoms with E-state index < -0.39 is 21.6 Å². The highest BCUT2D eigenvalue weighted by atomic mass is 32.2. The second-order valence-corrected chi connectivity index (χ2v) is 9.41. The van der Waals surface area contributed by atoms with Gasteiger partial charge in [-0.2, -0.15) is 4.31 Å². The predicted molar refractivity (Wildman–Crippen MR) is 109 cm³/mol. The Labute approximate surface area is 175 Å². The van der Waals surface area contributed by atoms with E-state index in [0.29, 0.717) is 5.75 Å². The molecular formula is C21H23N3O5S. The quantitative estimate of drug-likeness (QED) is 0.733. The number of carbonyl (C=O) groups is 2. The van der Waals surface area contributed by atoms with Crippen LogP contribution in [0.5, 0.6) is 5.75 Å². The molecule has 30 heavy (non-hydrogen) atoms. The zero-order chi connectivity index (χ0) is 21.4. The normalized spacial score (nSPS) is 19.2. The molecule has 2 saturated heterocycles. The van der Waals surface area contributed by atoms with Gasteiger partial charge in [-0.05, 0) is 42.7 Å². The van der Waals surface area contributed by atoms with Crippen molar-refractivity contribution in [1.29, 1.82) is 0 Å². The van der Waals surface area contributed by atoms with Gasteiger partial charge in [-0.25, -0.2) is 13.2 Å². The van der Waals surface area contributed by atoms with Crippen LogP contribution in [0.2, 0.25) is 0 Å². The summed E-state index contributed by atoms with van der Waals surface area (Å²) in [6.45, 7) is 0.500. The van der Waals surface area contributed by atoms with E-state index in [1.165, 1.54) is 28.4 Å². The Morgan fingerprint density at radius 1 is 1.00 bits per heavy atom. The van der Waals surface area contributed by atoms with Crippen LogP contribution in [0.25, 0.3) is 0 Å². The predicted octanol–water partition coefficient (Wildman–Crippen LogP) is 1.97. The number of nitrogens with zero attached hydrogens (tertiary/aromatic N) is 2. The fourth-order valence-electron chi connectivity index (χ4n) is 3.93. The lowest BCUT2D eigenvalue weighted by Crippen LogP contribution is -2.55. The van der Waals surface area contributed by atoms with Crippen molar-refractivity contribution in [3.8, 4) is 5.75 Å². The van der Waals surface area contributed by atoms with Gasteiger partial charge in [0.1, 0.15) is 11.3 Å². The van der Waals surface area contributed by atoms with Crippen LogP contribution in [0.3, 0.4) is 0 Å². The highest BCUT2D eigenvalue weighted by Crippen LogP contribution is 2.32. The number of amides is 3. The lowest BCUT2D eigenvalue weighted by molar-refractivity contribution is -0.133. The Morgan fingerprint density at radius 3 is 2.23 bits per heavy atom. The molecule has 2 heterocycles. The Morgan fingerprint density at radius 2 is 1.63 bits per heavy atom. The third-order valence-corrected chi connectivity index (χ3v) is 7.62. The van der Waals surface area contributed by atoms with Crippen molar-refractivity contribution in [2.45, 2.75) is 29.8 Å². The molecule has 0 unspecified atom stereocenters. The number of rotatable bonds is 5. The number of benzene rings is 2. The van der Waals surface area contributed by atoms with Gasteiger partial charge in [-0.1, -0.05) is 30.3 Å². The molecule has 158 valence electrons. The Bertz CT molecular complexity index is 1050. The zero-order valence-corrected chi connectivity index (χ0v) is 17.4. The van der Waals surface area contributed by atoms with Crippen molar-refractivity contribution in [1.82, 2.24) is 14.5 Å². The molecule has 2 fully saturated rings. The summed E-state index contributed by atoms with van der Waals surface area (Å²) < 4.78 is 32.3. The van der Waals surface area contributed by atoms with Crippen LogP contribution in [0.1, 0.15) is 18.4 Å². The maximum atomic E-state index is 13.1. The molecule has 0 radical (unpaired) electrons. The number of hydrogen-bond acceptors (Lipinski definition) is 5. The maximum Gasteiger partial charge on any atom is 0.325 e. The topological polar surface area (TPSA) is 96.0 Å². The summed E-state index contributed by atoms with van der Waals surface area (Å²) >= 11 is 0. The zero-order valence-electron chi connectivity index (χ0n) is 16.6. The lowest BCUT2D eigenvalue weighted by Gasteiger charge is -2.36. The molecule has 2 aliphatic rings. The fourth-order valence-corrected chi connectivity index (χ4v) is 5.37. The second kappa shape index (κ2) is 7.73. The minimum absolute atomic E-state index is 0.152. The van der Waals surface area contributed by atoms with Crippen LogP contribution in [0.4, 0.5) is 4.79 Å². The first-order valence-electron chi connectivity index (χ1n) is 9.68. The van der Waals surface area contributed by atoms with Crippen molar-refractivity contribution in [3.63, 3.8) is 0 Å². The molecule has 8 nitrogen and oxygen atoms in total. The number of ether oxygens (including phenoxy) is 1. The monoisotopic (exact) mass is 429 g/mol. The number of urea groups is 1. The molecule has 0 aliphatic carbocycles. The average molecular weight is 429 g/mol. The van der Waals surface area contributed by atoms with Gasteiger partial charge < -0.3 is 10.1 Å². The van der Waals surface area contributed by atoms with Gasteiger partial charge in [0.15, 0.2) is 0 Å². The van der Waals surface area contributed by atoms with Crippen LogP contribution < -0.4 is 10.1 Å². The highest BCUT2D eigenvalue weighted by Gasteiger charge is 2.53. The molecule has 3 amide bonds. The summed E-state index contributed by atoms with van der Waals surface area (Å²) in [7, 11) is -2.17. The van der Waals surface area contributed by atoms with Gasteiger partial charge in [0.25, 0.3) is 5.91 Å². The molecule has 2 aliphatic heterocycles. The van der Waals surface area contributed by atoms with Crippen molar-refractivity contribution in [3.05, 3.63) is 60.2 Å². The second-order valence-electron chi connectivity index (χ2n) is 7.47. The van der Waals surface area contributed by atoms with Gasteiger partial charge in [0, 0.05) is 13.1 Å². The first-order valence-corrected chi connectivity index (χ1v) is 11.1. The van der Waals surface area contributed by atoms with Gasteiger partial charge in [-0.3, -0.25) is 9.69 Å². The van der Waals surface area contributed by atoms with Crippen LogP contribution >= 0.6 is 0 Å². The average Bonchev–Trinajstić information content (AvgIpc) is 2.99. The molecule has 0 atom stereocenters. The third-order valence-electron chi connectivity index (χ3n) is 5.70. The molecular weight excluding hydrogens is 406 g/mol. The standard InChI is InChI=1S/C21H23N3O5S/c1-29-17-7-9-18(10-8-17)30(27,28)23-13-11-21(12-14-23)19(25)24(20(26)22-21)15-16-5-3-2-4-6-16/h2-10H,11-15H2,1H3,(H,22,26). The largest absolute Gasteiger partial charge is 0.497 e. The van der Waals surface area contributed by atoms with Crippen LogP contribution in [-0.2, 0) is 21.4 Å². The van der Waals surface area contributed by atoms with E-state index in [-0.39, 0.29) is 43.3 Å². The highest BCUT2D eigenvalue weighted by molar-refractivity contribution is 7.89. The molecule has 2 aromatic rings. The summed E-state index contributed by atoms with van der Waals surface area (Å²) in [5.41, 5.74) is -0.185. The minimum Gasteiger partial charge on any atom is -0.497 e. The van der Waals surface area contributed by atoms with Crippen molar-refractivity contribution in [2.75, 3.05) is 20.2 Å². The first kappa shape index (κ1) is 20.4. The van der Waals surface area contributed by atoms with E-state index in [2.05, 4.69) is 5.32 Å². The van der Waals surface area contributed by atoms with E-state index in [1.807, 2.05) is 30.3 Å². The summed E-state index contributed by atoms with van der Waals surface area (Å²) in [6.07, 6.45) is 0.469. The molecule has 9 heteroatoms. The number of piperidine rings is 1. The van der Waals surface area contributed by atoms with Crippen LogP contribution in [0, 0.1) is 0 Å². The van der Waals surface area contributed by atoms with E-state index in [1.54, 1.807) is 12.1 Å². The first-order chi connectivity index (χ1) is 14.4. The number of imide groups is 1. The Kier molecular flexibility index (Phi) is 5.25. The number of hydrogen-bond donors (Lipinski definition) is 1. The van der Waals surface area contributed by atoms with Gasteiger partial charge >= 0.3 is 6.03 Å². The maximum absolute atomic E-state index is 13.1. The van der Waals surface area contributed by atoms with Crippen molar-refractivity contribution < 1.29 is 22.7 Å². The SMILES string of the molecule is COc1ccc(S(=O)(=O)N2CCC3(CC2)NC(=O)N(Cc2ccccc2)C3=O)cc1. The van der Waals surface area contributed by atoms with Crippen molar-refractivity contribution in [2.24, 2.45) is 0 Å². The van der Waals surface area contributed by atoms with Gasteiger partial charge in [0.05, 0.1) is 18.6 Å². The van der Waals surface area contributed by atoms with Crippen molar-refractivity contribution >= 4 is 22.0 Å². The van der Waals surface area contributed by atoms with E-state index in [4.69, 9.17) is 4.74 Å². The molecule has 0 bridgehead atoms. The van der Waals surface area contributed by atoms with Crippen LogP contribution in [0.15, 0.2) is 59.5 Å². The van der Waals surface area contributed by atoms with Gasteiger partial charge in [0.2, 0.25) is 10.0 Å². The summed E-state index contributed by atoms with van der Waals surface area (Å²) in [5, 5.41) is 2.82. The smallest absolute Gasteiger partial charge is 0.325 e. The van der Waals surface area contributed by atoms with E-state index >= 15 is 0 Å². The summed E-state index contributed by atoms with van der Waals surface area (Å²) in [6, 6.07) is 15.1. The molecule has 1 spiro atoms. The summed E-state index contributed by atoms with van der Waals surface area (Å²) in [4.78, 5) is 26.9. The number of carbonyl (C=O) groups excluding carboxylic acids is 2. The van der Waals surface area contributed by atoms with Gasteiger partial charge in [-0.15, -0.1) is 0 Å². The Hall–Kier alpha value is -2.91. The number of sulfonamides is 1. The molecule has 0 saturated carbocycles. The molecule has 0 aromatic heterocycles. The molecule has 2 aromatic carbocycles. The van der Waals surface area contributed by atoms with E-state index in [9.17, 15) is 18.0 Å². The van der Waals surface area contributed by atoms with E-state index in [0.717, 1.165) is 5.56 Å².